The Morgan fingerprint density at radius 1 is 1.16 bits per heavy atom. The smallest absolute Gasteiger partial charge is 0.321 e. The summed E-state index contributed by atoms with van der Waals surface area (Å²) in [7, 11) is 1.69. The zero-order valence-corrected chi connectivity index (χ0v) is 27.8. The normalized spacial score (nSPS) is 20.4. The number of hydrogen-bond acceptors (Lipinski definition) is 8. The van der Waals surface area contributed by atoms with E-state index in [4.69, 9.17) is 14.0 Å². The molecule has 1 aliphatic rings. The van der Waals surface area contributed by atoms with E-state index in [1.807, 2.05) is 27.7 Å². The number of aliphatic hydroxyl groups excluding tert-OH is 1. The number of carbonyl (C=O) groups excluding carboxylic acids is 3. The highest BCUT2D eigenvalue weighted by atomic mass is 16.5. The number of fused-ring (bicyclic) bond motifs is 1. The number of aryl methyl sites for hydroxylation is 2. The Balaban J connectivity index is 1.90. The van der Waals surface area contributed by atoms with Crippen LogP contribution >= 0.6 is 0 Å². The fourth-order valence-corrected chi connectivity index (χ4v) is 5.11. The number of ether oxygens (including phenoxy) is 2. The molecule has 0 radical (unpaired) electrons. The zero-order valence-electron chi connectivity index (χ0n) is 27.8. The van der Waals surface area contributed by atoms with E-state index >= 15 is 0 Å². The second-order valence-electron chi connectivity index (χ2n) is 12.3. The van der Waals surface area contributed by atoms with Crippen LogP contribution in [0.5, 0.6) is 5.75 Å². The van der Waals surface area contributed by atoms with Crippen molar-refractivity contribution in [1.82, 2.24) is 20.3 Å². The molecule has 250 valence electrons. The summed E-state index contributed by atoms with van der Waals surface area (Å²) in [6.07, 6.45) is 1.79. The third kappa shape index (κ3) is 10.1. The number of hydrogen-bond donors (Lipinski definition) is 4. The van der Waals surface area contributed by atoms with Gasteiger partial charge in [0, 0.05) is 44.4 Å². The predicted molar refractivity (Wildman–Crippen MR) is 172 cm³/mol. The first-order valence-corrected chi connectivity index (χ1v) is 15.7. The molecule has 1 aromatic heterocycles. The lowest BCUT2D eigenvalue weighted by Crippen LogP contribution is -2.48. The van der Waals surface area contributed by atoms with Gasteiger partial charge in [0.25, 0.3) is 5.91 Å². The van der Waals surface area contributed by atoms with Gasteiger partial charge in [0.15, 0.2) is 5.76 Å². The van der Waals surface area contributed by atoms with E-state index in [2.05, 4.69) is 21.1 Å². The van der Waals surface area contributed by atoms with Crippen LogP contribution in [0, 0.1) is 19.8 Å². The Morgan fingerprint density at radius 3 is 2.53 bits per heavy atom. The average molecular weight is 631 g/mol. The van der Waals surface area contributed by atoms with Crippen molar-refractivity contribution < 1.29 is 33.5 Å². The van der Waals surface area contributed by atoms with Gasteiger partial charge in [-0.3, -0.25) is 4.79 Å². The summed E-state index contributed by atoms with van der Waals surface area (Å²) in [6.45, 7) is 13.6. The second-order valence-corrected chi connectivity index (χ2v) is 12.3. The van der Waals surface area contributed by atoms with Gasteiger partial charge in [-0.05, 0) is 79.0 Å². The Bertz CT molecular complexity index is 1280. The fraction of sp³-hybridized carbons (Fsp3) is 0.625. The predicted octanol–water partition coefficient (Wildman–Crippen LogP) is 4.78. The minimum absolute atomic E-state index is 0.0633. The van der Waals surface area contributed by atoms with Crippen molar-refractivity contribution in [2.24, 2.45) is 5.92 Å². The molecule has 1 aromatic carbocycles. The highest BCUT2D eigenvalue weighted by Crippen LogP contribution is 2.29. The first kappa shape index (κ1) is 35.6. The topological polar surface area (TPSA) is 158 Å². The molecular formula is C32H50N6O7. The summed E-state index contributed by atoms with van der Waals surface area (Å²) in [5.74, 6) is 0.354. The van der Waals surface area contributed by atoms with Crippen molar-refractivity contribution in [1.29, 1.82) is 0 Å². The van der Waals surface area contributed by atoms with Crippen LogP contribution in [0.15, 0.2) is 22.7 Å². The van der Waals surface area contributed by atoms with E-state index in [0.29, 0.717) is 35.2 Å². The lowest BCUT2D eigenvalue weighted by atomic mass is 10.0. The van der Waals surface area contributed by atoms with E-state index < -0.39 is 12.1 Å². The van der Waals surface area contributed by atoms with Gasteiger partial charge >= 0.3 is 12.1 Å². The highest BCUT2D eigenvalue weighted by Gasteiger charge is 2.31. The molecule has 0 bridgehead atoms. The molecule has 5 amide bonds. The molecule has 13 heteroatoms. The summed E-state index contributed by atoms with van der Waals surface area (Å²) in [5.41, 5.74) is 1.84. The van der Waals surface area contributed by atoms with Crippen molar-refractivity contribution >= 4 is 29.3 Å². The number of rotatable bonds is 7. The third-order valence-electron chi connectivity index (χ3n) is 7.79. The number of urea groups is 2. The Kier molecular flexibility index (Phi) is 13.0. The largest absolute Gasteiger partial charge is 0.490 e. The maximum Gasteiger partial charge on any atom is 0.321 e. The van der Waals surface area contributed by atoms with Crippen LogP contribution in [0.25, 0.3) is 0 Å². The SMILES string of the molecule is Cc1noc(C)c1NC(=O)N(C)C[C@@H]1OCCCC[C@@H](C)Oc2ccc(NC(=O)NC(C)C)cc2C(=O)N([C@H](C)CO)C[C@@H]1C. The van der Waals surface area contributed by atoms with Gasteiger partial charge in [-0.15, -0.1) is 0 Å². The first-order chi connectivity index (χ1) is 21.3. The van der Waals surface area contributed by atoms with Gasteiger partial charge in [-0.25, -0.2) is 9.59 Å². The molecule has 0 spiro atoms. The molecule has 0 unspecified atom stereocenters. The second kappa shape index (κ2) is 16.5. The molecule has 13 nitrogen and oxygen atoms in total. The number of anilines is 2. The molecule has 2 heterocycles. The number of nitrogens with zero attached hydrogens (tertiary/aromatic N) is 3. The number of amides is 5. The van der Waals surface area contributed by atoms with Crippen molar-refractivity contribution in [2.75, 3.05) is 44.0 Å². The van der Waals surface area contributed by atoms with Crippen LogP contribution in [-0.2, 0) is 4.74 Å². The van der Waals surface area contributed by atoms with Gasteiger partial charge in [0.1, 0.15) is 17.1 Å². The van der Waals surface area contributed by atoms with Crippen molar-refractivity contribution in [3.8, 4) is 5.75 Å². The maximum atomic E-state index is 14.2. The van der Waals surface area contributed by atoms with Gasteiger partial charge in [0.2, 0.25) is 0 Å². The molecule has 2 aromatic rings. The standard InChI is InChI=1S/C32H50N6O7/c1-19(2)33-31(41)34-25-12-13-27-26(15-25)30(40)38(21(4)18-39)16-20(3)28(43-14-10-9-11-22(5)44-27)17-37(8)32(42)35-29-23(6)36-45-24(29)7/h12-13,15,19-22,28,39H,9-11,14,16-18H2,1-8H3,(H,35,42)(H2,33,34,41)/t20-,21+,22+,28-/m0/s1. The van der Waals surface area contributed by atoms with Gasteiger partial charge < -0.3 is 44.9 Å². The van der Waals surface area contributed by atoms with E-state index in [-0.39, 0.29) is 61.3 Å². The van der Waals surface area contributed by atoms with Crippen LogP contribution in [0.1, 0.15) is 75.7 Å². The Morgan fingerprint density at radius 2 is 1.89 bits per heavy atom. The van der Waals surface area contributed by atoms with Crippen LogP contribution in [0.3, 0.4) is 0 Å². The summed E-state index contributed by atoms with van der Waals surface area (Å²) in [4.78, 5) is 42.9. The summed E-state index contributed by atoms with van der Waals surface area (Å²) >= 11 is 0. The number of likely N-dealkylation sites (N-methyl/N-ethyl adjacent to an activating group) is 1. The number of nitrogens with one attached hydrogen (secondary N) is 3. The molecule has 4 N–H and O–H groups in total. The van der Waals surface area contributed by atoms with Crippen LogP contribution in [0.2, 0.25) is 0 Å². The molecule has 3 rings (SSSR count). The third-order valence-corrected chi connectivity index (χ3v) is 7.79. The number of benzene rings is 1. The quantitative estimate of drug-likeness (QED) is 0.340. The molecule has 0 aliphatic carbocycles. The van der Waals surface area contributed by atoms with E-state index in [9.17, 15) is 19.5 Å². The van der Waals surface area contributed by atoms with Crippen LogP contribution in [0.4, 0.5) is 21.0 Å². The van der Waals surface area contributed by atoms with E-state index in [1.54, 1.807) is 55.8 Å². The number of aromatic nitrogens is 1. The lowest BCUT2D eigenvalue weighted by Gasteiger charge is -2.35. The molecule has 45 heavy (non-hydrogen) atoms. The van der Waals surface area contributed by atoms with Gasteiger partial charge in [-0.2, -0.15) is 0 Å². The molecule has 1 aliphatic heterocycles. The monoisotopic (exact) mass is 630 g/mol. The lowest BCUT2D eigenvalue weighted by molar-refractivity contribution is -0.0115. The fourth-order valence-electron chi connectivity index (χ4n) is 5.11. The zero-order chi connectivity index (χ0) is 33.3. The van der Waals surface area contributed by atoms with Crippen molar-refractivity contribution in [3.05, 3.63) is 35.2 Å². The van der Waals surface area contributed by atoms with E-state index in [0.717, 1.165) is 19.3 Å². The average Bonchev–Trinajstić information content (AvgIpc) is 3.30. The van der Waals surface area contributed by atoms with Crippen molar-refractivity contribution in [3.63, 3.8) is 0 Å². The first-order valence-electron chi connectivity index (χ1n) is 15.7. The number of carbonyl (C=O) groups is 3. The molecule has 0 saturated heterocycles. The summed E-state index contributed by atoms with van der Waals surface area (Å²) in [5, 5.41) is 22.5. The minimum atomic E-state index is -0.528. The number of aliphatic hydroxyl groups is 1. The molecular weight excluding hydrogens is 580 g/mol. The summed E-state index contributed by atoms with van der Waals surface area (Å²) in [6, 6.07) is 3.70. The highest BCUT2D eigenvalue weighted by molar-refractivity contribution is 5.99. The summed E-state index contributed by atoms with van der Waals surface area (Å²) < 4.78 is 17.8. The van der Waals surface area contributed by atoms with E-state index in [1.165, 1.54) is 0 Å². The molecule has 4 atom stereocenters. The molecule has 0 saturated carbocycles. The van der Waals surface area contributed by atoms with Crippen molar-refractivity contribution in [2.45, 2.75) is 92.0 Å². The maximum absolute atomic E-state index is 14.2. The van der Waals surface area contributed by atoms with Crippen LogP contribution < -0.4 is 20.7 Å². The Hall–Kier alpha value is -3.84. The van der Waals surface area contributed by atoms with Gasteiger partial charge in [-0.1, -0.05) is 12.1 Å². The minimum Gasteiger partial charge on any atom is -0.490 e. The van der Waals surface area contributed by atoms with Gasteiger partial charge in [0.05, 0.1) is 30.4 Å². The Labute approximate surface area is 266 Å². The van der Waals surface area contributed by atoms with Crippen LogP contribution in [-0.4, -0.2) is 95.7 Å². The molecule has 0 fully saturated rings.